The second kappa shape index (κ2) is 6.83. The van der Waals surface area contributed by atoms with Crippen molar-refractivity contribution in [3.8, 4) is 0 Å². The van der Waals surface area contributed by atoms with Crippen LogP contribution in [0.3, 0.4) is 0 Å². The van der Waals surface area contributed by atoms with Crippen LogP contribution in [-0.2, 0) is 0 Å². The third kappa shape index (κ3) is 4.30. The van der Waals surface area contributed by atoms with Crippen LogP contribution in [0.15, 0.2) is 53.0 Å². The quantitative estimate of drug-likeness (QED) is 0.778. The first kappa shape index (κ1) is 15.0. The van der Waals surface area contributed by atoms with Gasteiger partial charge in [-0.3, -0.25) is 10.1 Å². The SMILES string of the molecule is O=C(NC(=S)Nc1cccc(Br)c1)c1cccc(Cl)c1. The molecule has 20 heavy (non-hydrogen) atoms. The van der Waals surface area contributed by atoms with Crippen LogP contribution in [-0.4, -0.2) is 11.0 Å². The predicted octanol–water partition coefficient (Wildman–Crippen LogP) is 4.23. The zero-order valence-corrected chi connectivity index (χ0v) is 13.3. The van der Waals surface area contributed by atoms with E-state index in [4.69, 9.17) is 23.8 Å². The van der Waals surface area contributed by atoms with Crippen molar-refractivity contribution < 1.29 is 4.79 Å². The molecule has 0 aliphatic heterocycles. The van der Waals surface area contributed by atoms with Crippen LogP contribution in [0.4, 0.5) is 5.69 Å². The molecule has 2 rings (SSSR count). The molecular formula is C14H10BrClN2OS. The van der Waals surface area contributed by atoms with Gasteiger partial charge in [0.1, 0.15) is 0 Å². The first-order valence-electron chi connectivity index (χ1n) is 5.68. The molecule has 0 saturated carbocycles. The molecule has 2 N–H and O–H groups in total. The predicted molar refractivity (Wildman–Crippen MR) is 89.3 cm³/mol. The second-order valence-corrected chi connectivity index (χ2v) is 5.69. The number of carbonyl (C=O) groups excluding carboxylic acids is 1. The fraction of sp³-hybridized carbons (Fsp3) is 0. The number of hydrogen-bond acceptors (Lipinski definition) is 2. The number of hydrogen-bond donors (Lipinski definition) is 2. The molecule has 0 aliphatic rings. The molecule has 0 heterocycles. The van der Waals surface area contributed by atoms with E-state index in [9.17, 15) is 4.79 Å². The molecule has 0 spiro atoms. The van der Waals surface area contributed by atoms with Crippen LogP contribution in [0.1, 0.15) is 10.4 Å². The minimum atomic E-state index is -0.306. The summed E-state index contributed by atoms with van der Waals surface area (Å²) in [4.78, 5) is 12.0. The van der Waals surface area contributed by atoms with Crippen LogP contribution in [0.2, 0.25) is 5.02 Å². The van der Waals surface area contributed by atoms with E-state index in [1.54, 1.807) is 24.3 Å². The molecule has 0 radical (unpaired) electrons. The molecule has 0 aromatic heterocycles. The van der Waals surface area contributed by atoms with E-state index in [-0.39, 0.29) is 11.0 Å². The molecule has 0 atom stereocenters. The summed E-state index contributed by atoms with van der Waals surface area (Å²) >= 11 is 14.3. The smallest absolute Gasteiger partial charge is 0.257 e. The van der Waals surface area contributed by atoms with Gasteiger partial charge in [0, 0.05) is 20.7 Å². The highest BCUT2D eigenvalue weighted by Crippen LogP contribution is 2.15. The van der Waals surface area contributed by atoms with Gasteiger partial charge in [-0.25, -0.2) is 0 Å². The highest BCUT2D eigenvalue weighted by Gasteiger charge is 2.08. The van der Waals surface area contributed by atoms with Crippen LogP contribution >= 0.6 is 39.7 Å². The molecule has 102 valence electrons. The molecule has 2 aromatic rings. The van der Waals surface area contributed by atoms with E-state index < -0.39 is 0 Å². The Labute approximate surface area is 135 Å². The van der Waals surface area contributed by atoms with E-state index in [1.165, 1.54) is 0 Å². The lowest BCUT2D eigenvalue weighted by molar-refractivity contribution is 0.0978. The normalized spacial score (nSPS) is 9.90. The maximum atomic E-state index is 12.0. The van der Waals surface area contributed by atoms with Crippen molar-refractivity contribution in [1.82, 2.24) is 5.32 Å². The van der Waals surface area contributed by atoms with Crippen molar-refractivity contribution in [2.75, 3.05) is 5.32 Å². The van der Waals surface area contributed by atoms with Gasteiger partial charge in [-0.05, 0) is 48.6 Å². The van der Waals surface area contributed by atoms with E-state index in [0.29, 0.717) is 10.6 Å². The summed E-state index contributed by atoms with van der Waals surface area (Å²) in [5.74, 6) is -0.306. The van der Waals surface area contributed by atoms with Crippen molar-refractivity contribution in [3.63, 3.8) is 0 Å². The highest BCUT2D eigenvalue weighted by molar-refractivity contribution is 9.10. The Kier molecular flexibility index (Phi) is 5.11. The average Bonchev–Trinajstić information content (AvgIpc) is 2.38. The van der Waals surface area contributed by atoms with Gasteiger partial charge in [0.2, 0.25) is 0 Å². The Balaban J connectivity index is 1.99. The maximum Gasteiger partial charge on any atom is 0.257 e. The first-order chi connectivity index (χ1) is 9.54. The van der Waals surface area contributed by atoms with Gasteiger partial charge in [0.05, 0.1) is 0 Å². The fourth-order valence-corrected chi connectivity index (χ4v) is 2.33. The van der Waals surface area contributed by atoms with Crippen molar-refractivity contribution in [2.45, 2.75) is 0 Å². The number of anilines is 1. The summed E-state index contributed by atoms with van der Waals surface area (Å²) < 4.78 is 0.923. The average molecular weight is 370 g/mol. The summed E-state index contributed by atoms with van der Waals surface area (Å²) in [6, 6.07) is 14.1. The summed E-state index contributed by atoms with van der Waals surface area (Å²) in [7, 11) is 0. The molecule has 0 fully saturated rings. The van der Waals surface area contributed by atoms with Crippen LogP contribution in [0, 0.1) is 0 Å². The Morgan fingerprint density at radius 2 is 1.90 bits per heavy atom. The Morgan fingerprint density at radius 3 is 2.60 bits per heavy atom. The summed E-state index contributed by atoms with van der Waals surface area (Å²) in [6.07, 6.45) is 0. The monoisotopic (exact) mass is 368 g/mol. The standard InChI is InChI=1S/C14H10BrClN2OS/c15-10-4-2-6-12(8-10)17-14(20)18-13(19)9-3-1-5-11(16)7-9/h1-8H,(H2,17,18,19,20). The van der Waals surface area contributed by atoms with Gasteiger partial charge in [-0.1, -0.05) is 39.7 Å². The lowest BCUT2D eigenvalue weighted by Gasteiger charge is -2.10. The molecule has 3 nitrogen and oxygen atoms in total. The summed E-state index contributed by atoms with van der Waals surface area (Å²) in [5, 5.41) is 6.27. The van der Waals surface area contributed by atoms with Crippen molar-refractivity contribution in [1.29, 1.82) is 0 Å². The zero-order valence-electron chi connectivity index (χ0n) is 10.2. The van der Waals surface area contributed by atoms with Gasteiger partial charge in [0.15, 0.2) is 5.11 Å². The molecule has 1 amide bonds. The molecule has 0 saturated heterocycles. The molecule has 0 unspecified atom stereocenters. The Bertz CT molecular complexity index is 663. The van der Waals surface area contributed by atoms with Crippen molar-refractivity contribution in [2.24, 2.45) is 0 Å². The van der Waals surface area contributed by atoms with Crippen molar-refractivity contribution >= 4 is 56.5 Å². The minimum Gasteiger partial charge on any atom is -0.332 e. The topological polar surface area (TPSA) is 41.1 Å². The molecule has 0 bridgehead atoms. The van der Waals surface area contributed by atoms with E-state index in [1.807, 2.05) is 24.3 Å². The lowest BCUT2D eigenvalue weighted by Crippen LogP contribution is -2.34. The Hall–Kier alpha value is -1.43. The van der Waals surface area contributed by atoms with Gasteiger partial charge in [0.25, 0.3) is 5.91 Å². The van der Waals surface area contributed by atoms with E-state index in [0.717, 1.165) is 10.2 Å². The number of nitrogens with one attached hydrogen (secondary N) is 2. The zero-order chi connectivity index (χ0) is 14.5. The van der Waals surface area contributed by atoms with Gasteiger partial charge in [-0.2, -0.15) is 0 Å². The summed E-state index contributed by atoms with van der Waals surface area (Å²) in [5.41, 5.74) is 1.24. The van der Waals surface area contributed by atoms with Gasteiger partial charge < -0.3 is 5.32 Å². The molecule has 6 heteroatoms. The van der Waals surface area contributed by atoms with Gasteiger partial charge in [-0.15, -0.1) is 0 Å². The fourth-order valence-electron chi connectivity index (χ4n) is 1.53. The highest BCUT2D eigenvalue weighted by atomic mass is 79.9. The lowest BCUT2D eigenvalue weighted by atomic mass is 10.2. The molecule has 2 aromatic carbocycles. The number of thiocarbonyl (C=S) groups is 1. The van der Waals surface area contributed by atoms with Gasteiger partial charge >= 0.3 is 0 Å². The second-order valence-electron chi connectivity index (χ2n) is 3.93. The van der Waals surface area contributed by atoms with E-state index >= 15 is 0 Å². The number of halogens is 2. The van der Waals surface area contributed by atoms with Crippen LogP contribution < -0.4 is 10.6 Å². The van der Waals surface area contributed by atoms with Crippen LogP contribution in [0.5, 0.6) is 0 Å². The third-order valence-electron chi connectivity index (χ3n) is 2.40. The molecular weight excluding hydrogens is 360 g/mol. The maximum absolute atomic E-state index is 12.0. The Morgan fingerprint density at radius 1 is 1.15 bits per heavy atom. The van der Waals surface area contributed by atoms with Crippen molar-refractivity contribution in [3.05, 3.63) is 63.6 Å². The first-order valence-corrected chi connectivity index (χ1v) is 7.26. The number of rotatable bonds is 2. The molecule has 0 aliphatic carbocycles. The number of carbonyl (C=O) groups is 1. The summed E-state index contributed by atoms with van der Waals surface area (Å²) in [6.45, 7) is 0. The largest absolute Gasteiger partial charge is 0.332 e. The van der Waals surface area contributed by atoms with Crippen LogP contribution in [0.25, 0.3) is 0 Å². The van der Waals surface area contributed by atoms with E-state index in [2.05, 4.69) is 26.6 Å². The number of amides is 1. The minimum absolute atomic E-state index is 0.230. The third-order valence-corrected chi connectivity index (χ3v) is 3.33. The number of benzene rings is 2.